The average Bonchev–Trinajstić information content (AvgIpc) is 3.05. The molecule has 1 amide bonds. The Morgan fingerprint density at radius 1 is 1.18 bits per heavy atom. The molecule has 3 aromatic rings. The topological polar surface area (TPSA) is 102 Å². The van der Waals surface area contributed by atoms with Crippen LogP contribution in [0.15, 0.2) is 36.7 Å². The number of aromatic nitrogens is 2. The lowest BCUT2D eigenvalue weighted by Crippen LogP contribution is -2.31. The van der Waals surface area contributed by atoms with Crippen molar-refractivity contribution in [2.24, 2.45) is 0 Å². The molecule has 0 aliphatic carbocycles. The number of thiophene rings is 1. The molecule has 0 aliphatic rings. The van der Waals surface area contributed by atoms with Crippen LogP contribution in [0.25, 0.3) is 10.2 Å². The molecule has 8 nitrogen and oxygen atoms in total. The standard InChI is InChI=1S/C19H20N4O4S/c1-3-26-19(25)16-12(2)15-17(20-11-21-18(15)28-16)23-22-14(24)9-10-27-13-7-5-4-6-8-13/h4-8,11H,3,9-10H2,1-2H3,(H,22,24)(H,20,21,23). The molecular formula is C19H20N4O4S. The second-order valence-electron chi connectivity index (χ2n) is 5.76. The van der Waals surface area contributed by atoms with Gasteiger partial charge in [0.2, 0.25) is 5.91 Å². The number of hydrogen-bond acceptors (Lipinski definition) is 8. The van der Waals surface area contributed by atoms with Gasteiger partial charge in [-0.3, -0.25) is 15.6 Å². The van der Waals surface area contributed by atoms with Crippen molar-refractivity contribution < 1.29 is 19.1 Å². The van der Waals surface area contributed by atoms with Crippen molar-refractivity contribution in [1.82, 2.24) is 15.4 Å². The van der Waals surface area contributed by atoms with Gasteiger partial charge in [0, 0.05) is 0 Å². The third-order valence-electron chi connectivity index (χ3n) is 3.85. The molecule has 0 radical (unpaired) electrons. The van der Waals surface area contributed by atoms with Gasteiger partial charge in [-0.2, -0.15) is 0 Å². The van der Waals surface area contributed by atoms with E-state index in [1.807, 2.05) is 30.3 Å². The van der Waals surface area contributed by atoms with E-state index < -0.39 is 5.97 Å². The zero-order valence-corrected chi connectivity index (χ0v) is 16.3. The largest absolute Gasteiger partial charge is 0.493 e. The molecule has 146 valence electrons. The molecule has 0 spiro atoms. The predicted molar refractivity (Wildman–Crippen MR) is 106 cm³/mol. The number of nitrogens with one attached hydrogen (secondary N) is 2. The highest BCUT2D eigenvalue weighted by Crippen LogP contribution is 2.33. The molecule has 3 rings (SSSR count). The molecule has 0 aliphatic heterocycles. The van der Waals surface area contributed by atoms with E-state index >= 15 is 0 Å². The van der Waals surface area contributed by atoms with Crippen molar-refractivity contribution in [1.29, 1.82) is 0 Å². The van der Waals surface area contributed by atoms with Crippen molar-refractivity contribution in [3.8, 4) is 5.75 Å². The van der Waals surface area contributed by atoms with Crippen molar-refractivity contribution in [3.63, 3.8) is 0 Å². The first kappa shape index (κ1) is 19.6. The summed E-state index contributed by atoms with van der Waals surface area (Å²) in [5.74, 6) is 0.491. The number of fused-ring (bicyclic) bond motifs is 1. The average molecular weight is 400 g/mol. The van der Waals surface area contributed by atoms with E-state index in [2.05, 4.69) is 20.8 Å². The zero-order valence-electron chi connectivity index (χ0n) is 15.5. The lowest BCUT2D eigenvalue weighted by atomic mass is 10.2. The van der Waals surface area contributed by atoms with E-state index in [1.165, 1.54) is 17.7 Å². The second-order valence-corrected chi connectivity index (χ2v) is 6.76. The van der Waals surface area contributed by atoms with Gasteiger partial charge < -0.3 is 9.47 Å². The predicted octanol–water partition coefficient (Wildman–Crippen LogP) is 3.09. The Bertz CT molecular complexity index is 975. The number of ether oxygens (including phenoxy) is 2. The summed E-state index contributed by atoms with van der Waals surface area (Å²) in [4.78, 5) is 33.6. The number of para-hydroxylation sites is 1. The summed E-state index contributed by atoms with van der Waals surface area (Å²) < 4.78 is 10.6. The number of amides is 1. The maximum absolute atomic E-state index is 12.1. The summed E-state index contributed by atoms with van der Waals surface area (Å²) in [6, 6.07) is 9.28. The van der Waals surface area contributed by atoms with Crippen LogP contribution in [-0.2, 0) is 9.53 Å². The number of nitrogens with zero attached hydrogens (tertiary/aromatic N) is 2. The molecule has 0 atom stereocenters. The first-order valence-corrected chi connectivity index (χ1v) is 9.55. The van der Waals surface area contributed by atoms with Gasteiger partial charge in [0.25, 0.3) is 0 Å². The van der Waals surface area contributed by atoms with Crippen LogP contribution in [0.4, 0.5) is 5.82 Å². The molecule has 0 saturated carbocycles. The molecule has 0 bridgehead atoms. The molecule has 2 aromatic heterocycles. The Morgan fingerprint density at radius 2 is 1.96 bits per heavy atom. The molecule has 28 heavy (non-hydrogen) atoms. The number of carbonyl (C=O) groups is 2. The van der Waals surface area contributed by atoms with Crippen molar-refractivity contribution in [2.45, 2.75) is 20.3 Å². The Hall–Kier alpha value is -3.20. The highest BCUT2D eigenvalue weighted by atomic mass is 32.1. The minimum atomic E-state index is -0.393. The maximum Gasteiger partial charge on any atom is 0.348 e. The molecule has 2 heterocycles. The number of benzene rings is 1. The molecule has 2 N–H and O–H groups in total. The molecule has 0 unspecified atom stereocenters. The van der Waals surface area contributed by atoms with E-state index in [9.17, 15) is 9.59 Å². The van der Waals surface area contributed by atoms with E-state index in [1.54, 1.807) is 13.8 Å². The molecule has 1 aromatic carbocycles. The van der Waals surface area contributed by atoms with Gasteiger partial charge in [0.1, 0.15) is 21.8 Å². The Kier molecular flexibility index (Phi) is 6.38. The third kappa shape index (κ3) is 4.55. The Morgan fingerprint density at radius 3 is 2.71 bits per heavy atom. The summed E-state index contributed by atoms with van der Waals surface area (Å²) in [7, 11) is 0. The van der Waals surface area contributed by atoms with E-state index in [0.29, 0.717) is 38.8 Å². The quantitative estimate of drug-likeness (QED) is 0.442. The van der Waals surface area contributed by atoms with Gasteiger partial charge in [-0.05, 0) is 31.5 Å². The van der Waals surface area contributed by atoms with E-state index in [-0.39, 0.29) is 18.9 Å². The van der Waals surface area contributed by atoms with Crippen LogP contribution in [0.2, 0.25) is 0 Å². The first-order chi connectivity index (χ1) is 13.6. The number of rotatable bonds is 8. The van der Waals surface area contributed by atoms with Gasteiger partial charge in [-0.25, -0.2) is 14.8 Å². The summed E-state index contributed by atoms with van der Waals surface area (Å²) in [5.41, 5.74) is 6.12. The minimum absolute atomic E-state index is 0.173. The van der Waals surface area contributed by atoms with Crippen LogP contribution in [0.5, 0.6) is 5.75 Å². The molecule has 0 saturated heterocycles. The van der Waals surface area contributed by atoms with Gasteiger partial charge in [0.15, 0.2) is 5.82 Å². The number of esters is 1. The first-order valence-electron chi connectivity index (χ1n) is 8.74. The number of hydrogen-bond donors (Lipinski definition) is 2. The van der Waals surface area contributed by atoms with Crippen LogP contribution in [0.1, 0.15) is 28.6 Å². The smallest absolute Gasteiger partial charge is 0.348 e. The van der Waals surface area contributed by atoms with Gasteiger partial charge >= 0.3 is 5.97 Å². The fraction of sp³-hybridized carbons (Fsp3) is 0.263. The van der Waals surface area contributed by atoms with Crippen molar-refractivity contribution in [2.75, 3.05) is 18.6 Å². The number of hydrazine groups is 1. The number of aryl methyl sites for hydroxylation is 1. The lowest BCUT2D eigenvalue weighted by Gasteiger charge is -2.10. The van der Waals surface area contributed by atoms with Crippen LogP contribution in [-0.4, -0.2) is 35.1 Å². The fourth-order valence-corrected chi connectivity index (χ4v) is 3.57. The molecule has 0 fully saturated rings. The van der Waals surface area contributed by atoms with Gasteiger partial charge in [0.05, 0.1) is 25.0 Å². The monoisotopic (exact) mass is 400 g/mol. The molecule has 9 heteroatoms. The van der Waals surface area contributed by atoms with Crippen LogP contribution in [0, 0.1) is 6.92 Å². The van der Waals surface area contributed by atoms with E-state index in [0.717, 1.165) is 0 Å². The number of carbonyl (C=O) groups excluding carboxylic acids is 2. The van der Waals surface area contributed by atoms with Crippen molar-refractivity contribution in [3.05, 3.63) is 47.1 Å². The summed E-state index contributed by atoms with van der Waals surface area (Å²) in [6.07, 6.45) is 1.55. The Labute approximate surface area is 165 Å². The van der Waals surface area contributed by atoms with Crippen LogP contribution >= 0.6 is 11.3 Å². The summed E-state index contributed by atoms with van der Waals surface area (Å²) in [6.45, 7) is 4.10. The zero-order chi connectivity index (χ0) is 19.9. The minimum Gasteiger partial charge on any atom is -0.493 e. The van der Waals surface area contributed by atoms with E-state index in [4.69, 9.17) is 9.47 Å². The highest BCUT2D eigenvalue weighted by Gasteiger charge is 2.20. The SMILES string of the molecule is CCOC(=O)c1sc2ncnc(NNC(=O)CCOc3ccccc3)c2c1C. The van der Waals surface area contributed by atoms with Crippen molar-refractivity contribution >= 4 is 39.2 Å². The van der Waals surface area contributed by atoms with Gasteiger partial charge in [-0.15, -0.1) is 11.3 Å². The molecular weight excluding hydrogens is 380 g/mol. The fourth-order valence-electron chi connectivity index (χ4n) is 2.53. The normalized spacial score (nSPS) is 10.5. The van der Waals surface area contributed by atoms with Crippen LogP contribution < -0.4 is 15.6 Å². The lowest BCUT2D eigenvalue weighted by molar-refractivity contribution is -0.121. The number of anilines is 1. The summed E-state index contributed by atoms with van der Waals surface area (Å²) >= 11 is 1.23. The Balaban J connectivity index is 1.62. The highest BCUT2D eigenvalue weighted by molar-refractivity contribution is 7.20. The third-order valence-corrected chi connectivity index (χ3v) is 5.03. The second kappa shape index (κ2) is 9.14. The van der Waals surface area contributed by atoms with Gasteiger partial charge in [-0.1, -0.05) is 18.2 Å². The van der Waals surface area contributed by atoms with Crippen LogP contribution in [0.3, 0.4) is 0 Å². The summed E-state index contributed by atoms with van der Waals surface area (Å²) in [5, 5.41) is 0.677. The maximum atomic E-state index is 12.1.